The molecule has 1 nitrogen and oxygen atoms in total. The van der Waals surface area contributed by atoms with Gasteiger partial charge in [-0.15, -0.1) is 0 Å². The maximum atomic E-state index is 10.7. The molecule has 0 N–H and O–H groups in total. The van der Waals surface area contributed by atoms with Crippen molar-refractivity contribution in [2.45, 2.75) is 33.1 Å². The Balaban J connectivity index is 2.39. The third kappa shape index (κ3) is 3.58. The summed E-state index contributed by atoms with van der Waals surface area (Å²) >= 11 is 0. The Bertz CT molecular complexity index is 225. The van der Waals surface area contributed by atoms with Crippen LogP contribution in [0.4, 0.5) is 0 Å². The van der Waals surface area contributed by atoms with E-state index in [1.807, 2.05) is 6.08 Å². The molecule has 0 amide bonds. The minimum atomic E-state index is 0.246. The average Bonchev–Trinajstić information content (AvgIpc) is 2.08. The summed E-state index contributed by atoms with van der Waals surface area (Å²) in [6.45, 7) is 3.87. The molecule has 0 saturated carbocycles. The molecule has 0 saturated heterocycles. The van der Waals surface area contributed by atoms with E-state index < -0.39 is 0 Å². The van der Waals surface area contributed by atoms with Crippen molar-refractivity contribution in [2.75, 3.05) is 0 Å². The summed E-state index contributed by atoms with van der Waals surface area (Å²) < 4.78 is 0. The van der Waals surface area contributed by atoms with E-state index in [1.165, 1.54) is 12.8 Å². The first-order valence-electron chi connectivity index (χ1n) is 5.03. The molecule has 0 spiro atoms. The Morgan fingerprint density at radius 3 is 3.00 bits per heavy atom. The molecule has 0 radical (unpaired) electrons. The van der Waals surface area contributed by atoms with Crippen LogP contribution >= 0.6 is 0 Å². The molecule has 2 atom stereocenters. The first kappa shape index (κ1) is 10.2. The molecule has 1 rings (SSSR count). The van der Waals surface area contributed by atoms with Crippen LogP contribution in [0.3, 0.4) is 0 Å². The highest BCUT2D eigenvalue weighted by Crippen LogP contribution is 2.25. The largest absolute Gasteiger partial charge is 0.300 e. The molecular weight excluding hydrogens is 160 g/mol. The Morgan fingerprint density at radius 1 is 1.62 bits per heavy atom. The van der Waals surface area contributed by atoms with Crippen LogP contribution in [-0.2, 0) is 4.79 Å². The third-order valence-corrected chi connectivity index (χ3v) is 2.57. The fourth-order valence-corrected chi connectivity index (χ4v) is 1.69. The summed E-state index contributed by atoms with van der Waals surface area (Å²) in [5.41, 5.74) is 0. The van der Waals surface area contributed by atoms with Gasteiger partial charge in [0.05, 0.1) is 0 Å². The molecule has 1 heteroatoms. The maximum Gasteiger partial charge on any atom is 0.133 e. The van der Waals surface area contributed by atoms with Crippen molar-refractivity contribution in [2.24, 2.45) is 11.8 Å². The fourth-order valence-electron chi connectivity index (χ4n) is 1.69. The summed E-state index contributed by atoms with van der Waals surface area (Å²) in [6, 6.07) is 0. The van der Waals surface area contributed by atoms with E-state index in [0.29, 0.717) is 18.3 Å². The molecule has 0 aliphatic heterocycles. The highest BCUT2D eigenvalue weighted by molar-refractivity contribution is 5.76. The smallest absolute Gasteiger partial charge is 0.133 e. The van der Waals surface area contributed by atoms with Crippen molar-refractivity contribution >= 4 is 5.78 Å². The van der Waals surface area contributed by atoms with Gasteiger partial charge in [0.2, 0.25) is 0 Å². The van der Waals surface area contributed by atoms with E-state index in [4.69, 9.17) is 0 Å². The number of ketones is 1. The lowest BCUT2D eigenvalue weighted by molar-refractivity contribution is -0.116. The van der Waals surface area contributed by atoms with Crippen LogP contribution in [0, 0.1) is 11.8 Å². The molecule has 0 bridgehead atoms. The van der Waals surface area contributed by atoms with E-state index in [9.17, 15) is 4.79 Å². The van der Waals surface area contributed by atoms with Gasteiger partial charge in [0.15, 0.2) is 0 Å². The molecule has 72 valence electrons. The molecule has 0 fully saturated rings. The van der Waals surface area contributed by atoms with Crippen molar-refractivity contribution in [1.82, 2.24) is 0 Å². The van der Waals surface area contributed by atoms with Gasteiger partial charge >= 0.3 is 0 Å². The van der Waals surface area contributed by atoms with Gasteiger partial charge in [-0.2, -0.15) is 0 Å². The maximum absolute atomic E-state index is 10.7. The van der Waals surface area contributed by atoms with Crippen molar-refractivity contribution in [3.8, 4) is 0 Å². The molecule has 1 aliphatic carbocycles. The second kappa shape index (κ2) is 5.00. The molecule has 1 aliphatic rings. The van der Waals surface area contributed by atoms with Gasteiger partial charge in [0.25, 0.3) is 0 Å². The van der Waals surface area contributed by atoms with Crippen molar-refractivity contribution in [3.63, 3.8) is 0 Å². The second-order valence-electron chi connectivity index (χ2n) is 3.86. The Morgan fingerprint density at radius 2 is 2.38 bits per heavy atom. The highest BCUT2D eigenvalue weighted by Gasteiger charge is 2.13. The number of carbonyl (C=O) groups is 1. The summed E-state index contributed by atoms with van der Waals surface area (Å²) in [6.07, 6.45) is 11.7. The lowest BCUT2D eigenvalue weighted by atomic mass is 9.85. The monoisotopic (exact) mass is 178 g/mol. The van der Waals surface area contributed by atoms with Crippen LogP contribution in [0.15, 0.2) is 24.3 Å². The lowest BCUT2D eigenvalue weighted by Crippen LogP contribution is -2.09. The van der Waals surface area contributed by atoms with Gasteiger partial charge in [-0.05, 0) is 31.6 Å². The minimum Gasteiger partial charge on any atom is -0.300 e. The zero-order valence-electron chi connectivity index (χ0n) is 8.49. The van der Waals surface area contributed by atoms with E-state index in [2.05, 4.69) is 25.2 Å². The second-order valence-corrected chi connectivity index (χ2v) is 3.86. The quantitative estimate of drug-likeness (QED) is 0.607. The van der Waals surface area contributed by atoms with Gasteiger partial charge in [-0.1, -0.05) is 31.2 Å². The van der Waals surface area contributed by atoms with Gasteiger partial charge in [0, 0.05) is 6.42 Å². The number of Topliss-reactive ketones (excluding diaryl/α,β-unsaturated/α-hetero) is 1. The topological polar surface area (TPSA) is 17.1 Å². The molecule has 0 aromatic heterocycles. The molecule has 0 aromatic carbocycles. The zero-order chi connectivity index (χ0) is 9.68. The first-order valence-corrected chi connectivity index (χ1v) is 5.03. The van der Waals surface area contributed by atoms with Gasteiger partial charge in [0.1, 0.15) is 5.78 Å². The van der Waals surface area contributed by atoms with E-state index in [-0.39, 0.29) is 5.78 Å². The van der Waals surface area contributed by atoms with E-state index in [1.54, 1.807) is 6.92 Å². The van der Waals surface area contributed by atoms with Crippen molar-refractivity contribution < 1.29 is 4.79 Å². The van der Waals surface area contributed by atoms with Crippen LogP contribution in [0.1, 0.15) is 33.1 Å². The fraction of sp³-hybridized carbons (Fsp3) is 0.583. The predicted molar refractivity (Wildman–Crippen MR) is 55.5 cm³/mol. The zero-order valence-corrected chi connectivity index (χ0v) is 8.49. The summed E-state index contributed by atoms with van der Waals surface area (Å²) in [5.74, 6) is 1.52. The number of carbonyl (C=O) groups excluding carboxylic acids is 1. The van der Waals surface area contributed by atoms with Crippen LogP contribution in [0.2, 0.25) is 0 Å². The lowest BCUT2D eigenvalue weighted by Gasteiger charge is -2.20. The summed E-state index contributed by atoms with van der Waals surface area (Å²) in [5, 5.41) is 0. The van der Waals surface area contributed by atoms with Crippen molar-refractivity contribution in [1.29, 1.82) is 0 Å². The highest BCUT2D eigenvalue weighted by atomic mass is 16.1. The predicted octanol–water partition coefficient (Wildman–Crippen LogP) is 3.12. The average molecular weight is 178 g/mol. The Labute approximate surface area is 80.5 Å². The van der Waals surface area contributed by atoms with Crippen LogP contribution in [0.5, 0.6) is 0 Å². The SMILES string of the molecule is CC(=O)C/C=C/C1CCC=CC1C. The summed E-state index contributed by atoms with van der Waals surface area (Å²) in [4.78, 5) is 10.7. The number of hydrogen-bond donors (Lipinski definition) is 0. The molecule has 13 heavy (non-hydrogen) atoms. The minimum absolute atomic E-state index is 0.246. The summed E-state index contributed by atoms with van der Waals surface area (Å²) in [7, 11) is 0. The first-order chi connectivity index (χ1) is 6.20. The molecule has 2 unspecified atom stereocenters. The number of allylic oxidation sites excluding steroid dienone is 4. The van der Waals surface area contributed by atoms with E-state index >= 15 is 0 Å². The Hall–Kier alpha value is -0.850. The van der Waals surface area contributed by atoms with Crippen LogP contribution < -0.4 is 0 Å². The molecule has 0 aromatic rings. The third-order valence-electron chi connectivity index (χ3n) is 2.57. The molecular formula is C12H18O. The van der Waals surface area contributed by atoms with Crippen LogP contribution in [0.25, 0.3) is 0 Å². The molecule has 0 heterocycles. The number of rotatable bonds is 3. The van der Waals surface area contributed by atoms with Gasteiger partial charge in [-0.3, -0.25) is 4.79 Å². The van der Waals surface area contributed by atoms with Gasteiger partial charge in [-0.25, -0.2) is 0 Å². The Kier molecular flexibility index (Phi) is 3.94. The normalized spacial score (nSPS) is 28.2. The van der Waals surface area contributed by atoms with Crippen LogP contribution in [-0.4, -0.2) is 5.78 Å². The van der Waals surface area contributed by atoms with E-state index in [0.717, 1.165) is 0 Å². The van der Waals surface area contributed by atoms with Gasteiger partial charge < -0.3 is 0 Å². The van der Waals surface area contributed by atoms with Crippen molar-refractivity contribution in [3.05, 3.63) is 24.3 Å². The standard InChI is InChI=1S/C12H18O/c1-10-6-3-4-8-12(10)9-5-7-11(2)13/h3,5-6,9-10,12H,4,7-8H2,1-2H3/b9-5+. The number of hydrogen-bond acceptors (Lipinski definition) is 1.